The highest BCUT2D eigenvalue weighted by atomic mass is 32.2. The Kier molecular flexibility index (Phi) is 9.79. The van der Waals surface area contributed by atoms with Crippen LogP contribution in [0.5, 0.6) is 11.5 Å². The van der Waals surface area contributed by atoms with Gasteiger partial charge in [-0.3, -0.25) is 13.9 Å². The van der Waals surface area contributed by atoms with Gasteiger partial charge in [0.2, 0.25) is 21.8 Å². The van der Waals surface area contributed by atoms with Gasteiger partial charge in [0.1, 0.15) is 25.8 Å². The molecule has 2 aromatic carbocycles. The van der Waals surface area contributed by atoms with Crippen LogP contribution in [0.25, 0.3) is 0 Å². The van der Waals surface area contributed by atoms with Crippen molar-refractivity contribution in [2.75, 3.05) is 36.4 Å². The van der Waals surface area contributed by atoms with Crippen molar-refractivity contribution in [1.29, 1.82) is 0 Å². The Labute approximate surface area is 219 Å². The van der Waals surface area contributed by atoms with Crippen LogP contribution in [-0.2, 0) is 26.2 Å². The van der Waals surface area contributed by atoms with Crippen molar-refractivity contribution in [3.05, 3.63) is 53.6 Å². The monoisotopic (exact) mass is 531 g/mol. The highest BCUT2D eigenvalue weighted by molar-refractivity contribution is 7.92. The van der Waals surface area contributed by atoms with Gasteiger partial charge in [0.25, 0.3) is 0 Å². The van der Waals surface area contributed by atoms with E-state index in [2.05, 4.69) is 5.32 Å². The van der Waals surface area contributed by atoms with Gasteiger partial charge in [0.05, 0.1) is 11.4 Å². The molecular weight excluding hydrogens is 494 g/mol. The number of carbonyl (C=O) groups excluding carboxylic acids is 2. The Morgan fingerprint density at radius 3 is 2.35 bits per heavy atom. The fourth-order valence-electron chi connectivity index (χ4n) is 3.92. The predicted octanol–water partition coefficient (Wildman–Crippen LogP) is 3.26. The van der Waals surface area contributed by atoms with Crippen LogP contribution >= 0.6 is 0 Å². The third-order valence-corrected chi connectivity index (χ3v) is 8.00. The smallest absolute Gasteiger partial charge is 0.244 e. The lowest BCUT2D eigenvalue weighted by atomic mass is 10.1. The number of aryl methyl sites for hydroxylation is 1. The third kappa shape index (κ3) is 7.38. The highest BCUT2D eigenvalue weighted by Crippen LogP contribution is 2.35. The van der Waals surface area contributed by atoms with E-state index in [0.717, 1.165) is 28.3 Å². The predicted molar refractivity (Wildman–Crippen MR) is 143 cm³/mol. The van der Waals surface area contributed by atoms with Gasteiger partial charge in [0, 0.05) is 19.2 Å². The van der Waals surface area contributed by atoms with Gasteiger partial charge in [-0.2, -0.15) is 0 Å². The summed E-state index contributed by atoms with van der Waals surface area (Å²) in [5.74, 6) is -0.00952. The van der Waals surface area contributed by atoms with Crippen molar-refractivity contribution in [3.8, 4) is 11.5 Å². The summed E-state index contributed by atoms with van der Waals surface area (Å²) >= 11 is 0. The summed E-state index contributed by atoms with van der Waals surface area (Å²) in [6.45, 7) is 8.19. The van der Waals surface area contributed by atoms with Crippen molar-refractivity contribution >= 4 is 27.5 Å². The van der Waals surface area contributed by atoms with Crippen LogP contribution in [0.15, 0.2) is 42.5 Å². The standard InChI is InChI=1S/C27H37N3O6S/c1-5-7-14-28-27(32)21(4)29(18-22-10-8-20(3)9-11-22)26(31)19-30(37(33,34)6-2)23-12-13-24-25(17-23)36-16-15-35-24/h8-13,17,21H,5-7,14-16,18-19H2,1-4H3,(H,28,32)/t21-/m1/s1. The zero-order chi connectivity index (χ0) is 27.0. The van der Waals surface area contributed by atoms with Gasteiger partial charge in [-0.25, -0.2) is 8.42 Å². The van der Waals surface area contributed by atoms with Gasteiger partial charge in [-0.1, -0.05) is 43.2 Å². The first-order valence-electron chi connectivity index (χ1n) is 12.7. The summed E-state index contributed by atoms with van der Waals surface area (Å²) in [5, 5.41) is 2.88. The number of fused-ring (bicyclic) bond motifs is 1. The molecule has 0 saturated heterocycles. The molecule has 9 nitrogen and oxygen atoms in total. The number of nitrogens with one attached hydrogen (secondary N) is 1. The summed E-state index contributed by atoms with van der Waals surface area (Å²) in [7, 11) is -3.82. The van der Waals surface area contributed by atoms with E-state index < -0.39 is 28.5 Å². The molecule has 0 fully saturated rings. The van der Waals surface area contributed by atoms with Gasteiger partial charge in [-0.15, -0.1) is 0 Å². The highest BCUT2D eigenvalue weighted by Gasteiger charge is 2.31. The molecule has 10 heteroatoms. The second kappa shape index (κ2) is 12.8. The number of nitrogens with zero attached hydrogens (tertiary/aromatic N) is 2. The minimum atomic E-state index is -3.82. The summed E-state index contributed by atoms with van der Waals surface area (Å²) in [6, 6.07) is 11.7. The van der Waals surface area contributed by atoms with Crippen molar-refractivity contribution in [3.63, 3.8) is 0 Å². The molecule has 0 radical (unpaired) electrons. The number of ether oxygens (including phenoxy) is 2. The van der Waals surface area contributed by atoms with Crippen LogP contribution in [0.3, 0.4) is 0 Å². The molecular formula is C27H37N3O6S. The second-order valence-corrected chi connectivity index (χ2v) is 11.2. The number of anilines is 1. The van der Waals surface area contributed by atoms with Crippen LogP contribution < -0.4 is 19.1 Å². The lowest BCUT2D eigenvalue weighted by molar-refractivity contribution is -0.139. The maximum Gasteiger partial charge on any atom is 0.244 e. The Morgan fingerprint density at radius 2 is 1.70 bits per heavy atom. The topological polar surface area (TPSA) is 105 Å². The van der Waals surface area contributed by atoms with Crippen LogP contribution in [0.4, 0.5) is 5.69 Å². The fraction of sp³-hybridized carbons (Fsp3) is 0.481. The Bertz CT molecular complexity index is 1180. The number of carbonyl (C=O) groups is 2. The summed E-state index contributed by atoms with van der Waals surface area (Å²) < 4.78 is 38.5. The Balaban J connectivity index is 1.91. The molecule has 37 heavy (non-hydrogen) atoms. The lowest BCUT2D eigenvalue weighted by Crippen LogP contribution is -2.51. The molecule has 2 aromatic rings. The van der Waals surface area contributed by atoms with E-state index in [9.17, 15) is 18.0 Å². The molecule has 1 N–H and O–H groups in total. The number of sulfonamides is 1. The largest absolute Gasteiger partial charge is 0.486 e. The van der Waals surface area contributed by atoms with E-state index in [0.29, 0.717) is 36.9 Å². The summed E-state index contributed by atoms with van der Waals surface area (Å²) in [5.41, 5.74) is 2.22. The fourth-order valence-corrected chi connectivity index (χ4v) is 4.97. The van der Waals surface area contributed by atoms with Crippen LogP contribution in [0, 0.1) is 6.92 Å². The molecule has 1 aliphatic rings. The number of hydrogen-bond acceptors (Lipinski definition) is 6. The SMILES string of the molecule is CCCCNC(=O)[C@@H](C)N(Cc1ccc(C)cc1)C(=O)CN(c1ccc2c(c1)OCCO2)S(=O)(=O)CC. The van der Waals surface area contributed by atoms with E-state index >= 15 is 0 Å². The van der Waals surface area contributed by atoms with E-state index in [4.69, 9.17) is 9.47 Å². The van der Waals surface area contributed by atoms with E-state index in [-0.39, 0.29) is 18.2 Å². The number of unbranched alkanes of at least 4 members (excludes halogenated alkanes) is 1. The number of hydrogen-bond donors (Lipinski definition) is 1. The average molecular weight is 532 g/mol. The van der Waals surface area contributed by atoms with Crippen LogP contribution in [0.1, 0.15) is 44.7 Å². The molecule has 202 valence electrons. The molecule has 0 saturated carbocycles. The molecule has 0 aromatic heterocycles. The zero-order valence-electron chi connectivity index (χ0n) is 22.0. The molecule has 1 aliphatic heterocycles. The molecule has 1 atom stereocenters. The molecule has 3 rings (SSSR count). The second-order valence-electron chi connectivity index (χ2n) is 9.06. The maximum atomic E-state index is 13.7. The Morgan fingerprint density at radius 1 is 1.03 bits per heavy atom. The van der Waals surface area contributed by atoms with E-state index in [1.165, 1.54) is 11.8 Å². The van der Waals surface area contributed by atoms with Gasteiger partial charge >= 0.3 is 0 Å². The minimum Gasteiger partial charge on any atom is -0.486 e. The molecule has 0 unspecified atom stereocenters. The molecule has 2 amide bonds. The maximum absolute atomic E-state index is 13.7. The zero-order valence-corrected chi connectivity index (χ0v) is 22.8. The van der Waals surface area contributed by atoms with Gasteiger partial charge in [0.15, 0.2) is 11.5 Å². The number of benzene rings is 2. The van der Waals surface area contributed by atoms with Crippen molar-refractivity contribution in [2.45, 2.75) is 53.1 Å². The average Bonchev–Trinajstić information content (AvgIpc) is 2.90. The van der Waals surface area contributed by atoms with E-state index in [1.54, 1.807) is 25.1 Å². The summed E-state index contributed by atoms with van der Waals surface area (Å²) in [6.07, 6.45) is 1.76. The Hall–Kier alpha value is -3.27. The first kappa shape index (κ1) is 28.3. The minimum absolute atomic E-state index is 0.169. The molecule has 0 aliphatic carbocycles. The lowest BCUT2D eigenvalue weighted by Gasteiger charge is -2.32. The number of rotatable bonds is 12. The van der Waals surface area contributed by atoms with Crippen LogP contribution in [0.2, 0.25) is 0 Å². The molecule has 0 bridgehead atoms. The third-order valence-electron chi connectivity index (χ3n) is 6.26. The van der Waals surface area contributed by atoms with Gasteiger partial charge < -0.3 is 19.7 Å². The van der Waals surface area contributed by atoms with Crippen molar-refractivity contribution < 1.29 is 27.5 Å². The first-order chi connectivity index (χ1) is 17.7. The van der Waals surface area contributed by atoms with Crippen molar-refractivity contribution in [1.82, 2.24) is 10.2 Å². The molecule has 1 heterocycles. The van der Waals surface area contributed by atoms with E-state index in [1.807, 2.05) is 38.1 Å². The quantitative estimate of drug-likeness (QED) is 0.422. The normalized spacial score (nSPS) is 13.5. The van der Waals surface area contributed by atoms with Crippen LogP contribution in [-0.4, -0.2) is 63.2 Å². The number of amides is 2. The first-order valence-corrected chi connectivity index (χ1v) is 14.3. The summed E-state index contributed by atoms with van der Waals surface area (Å²) in [4.78, 5) is 28.1. The van der Waals surface area contributed by atoms with Crippen molar-refractivity contribution in [2.24, 2.45) is 0 Å². The van der Waals surface area contributed by atoms with Gasteiger partial charge in [-0.05, 0) is 44.9 Å². The molecule has 0 spiro atoms.